The lowest BCUT2D eigenvalue weighted by molar-refractivity contribution is 0.229. The summed E-state index contributed by atoms with van der Waals surface area (Å²) >= 11 is 0. The molecule has 0 amide bonds. The maximum atomic E-state index is 11.8. The van der Waals surface area contributed by atoms with Gasteiger partial charge >= 0.3 is 0 Å². The number of hydrogen-bond acceptors (Lipinski definition) is 6. The molecule has 1 aliphatic carbocycles. The molecule has 0 atom stereocenters. The van der Waals surface area contributed by atoms with Gasteiger partial charge in [0.05, 0.1) is 22.5 Å². The van der Waals surface area contributed by atoms with E-state index < -0.39 is 15.6 Å². The number of nitrogens with zero attached hydrogens (tertiary/aromatic N) is 2. The summed E-state index contributed by atoms with van der Waals surface area (Å²) < 4.78 is 31.4. The minimum absolute atomic E-state index is 0. The van der Waals surface area contributed by atoms with E-state index in [0.717, 1.165) is 19.3 Å². The van der Waals surface area contributed by atoms with E-state index in [1.54, 1.807) is 31.2 Å². The summed E-state index contributed by atoms with van der Waals surface area (Å²) in [5.74, 6) is 0.727. The van der Waals surface area contributed by atoms with Crippen molar-refractivity contribution in [1.82, 2.24) is 10.1 Å². The molecule has 0 bridgehead atoms. The average molecular weight is 359 g/mol. The highest BCUT2D eigenvalue weighted by molar-refractivity contribution is 7.92. The van der Waals surface area contributed by atoms with Crippen molar-refractivity contribution >= 4 is 28.1 Å². The Morgan fingerprint density at radius 2 is 2.04 bits per heavy atom. The second-order valence-electron chi connectivity index (χ2n) is 5.48. The standard InChI is InChI=1S/C14H18N4O3S.ClH/c1-2-22(19,20)18-11-7-4-3-6-10(11)12-16-13(17-21-12)14(15)8-5-9-14;/h3-4,6-7,18H,2,5,8-9,15H2,1H3;1H. The summed E-state index contributed by atoms with van der Waals surface area (Å²) in [5.41, 5.74) is 6.62. The molecule has 0 spiro atoms. The van der Waals surface area contributed by atoms with Gasteiger partial charge in [0.2, 0.25) is 10.0 Å². The van der Waals surface area contributed by atoms with Crippen molar-refractivity contribution < 1.29 is 12.9 Å². The molecule has 1 fully saturated rings. The Morgan fingerprint density at radius 3 is 2.65 bits per heavy atom. The minimum Gasteiger partial charge on any atom is -0.334 e. The number of nitrogens with two attached hydrogens (primary N) is 1. The molecule has 23 heavy (non-hydrogen) atoms. The van der Waals surface area contributed by atoms with E-state index in [2.05, 4.69) is 14.9 Å². The number of aromatic nitrogens is 2. The second kappa shape index (κ2) is 6.46. The normalized spacial score (nSPS) is 16.3. The molecule has 0 unspecified atom stereocenters. The van der Waals surface area contributed by atoms with E-state index in [0.29, 0.717) is 17.1 Å². The first-order valence-electron chi connectivity index (χ1n) is 7.16. The van der Waals surface area contributed by atoms with Crippen molar-refractivity contribution in [3.8, 4) is 11.5 Å². The van der Waals surface area contributed by atoms with Crippen LogP contribution < -0.4 is 10.5 Å². The van der Waals surface area contributed by atoms with Crippen LogP contribution in [-0.2, 0) is 15.6 Å². The Bertz CT molecular complexity index is 787. The number of rotatable bonds is 5. The zero-order chi connectivity index (χ0) is 15.8. The van der Waals surface area contributed by atoms with Gasteiger partial charge in [0.25, 0.3) is 5.89 Å². The largest absolute Gasteiger partial charge is 0.334 e. The lowest BCUT2D eigenvalue weighted by Crippen LogP contribution is -2.44. The summed E-state index contributed by atoms with van der Waals surface area (Å²) in [6.07, 6.45) is 2.71. The van der Waals surface area contributed by atoms with Gasteiger partial charge in [-0.1, -0.05) is 17.3 Å². The van der Waals surface area contributed by atoms with E-state index in [-0.39, 0.29) is 24.1 Å². The predicted octanol–water partition coefficient (Wildman–Crippen LogP) is 2.26. The number of hydrogen-bond donors (Lipinski definition) is 2. The SMILES string of the molecule is CCS(=O)(=O)Nc1ccccc1-c1nc(C2(N)CCC2)no1.Cl. The molecular formula is C14H19ClN4O3S. The topological polar surface area (TPSA) is 111 Å². The molecule has 7 nitrogen and oxygen atoms in total. The van der Waals surface area contributed by atoms with Gasteiger partial charge in [0.1, 0.15) is 0 Å². The van der Waals surface area contributed by atoms with Crippen molar-refractivity contribution in [2.45, 2.75) is 31.7 Å². The molecule has 1 aliphatic rings. The van der Waals surface area contributed by atoms with Crippen LogP contribution in [-0.4, -0.2) is 24.3 Å². The number of anilines is 1. The molecule has 1 aromatic heterocycles. The fraction of sp³-hybridized carbons (Fsp3) is 0.429. The fourth-order valence-corrected chi connectivity index (χ4v) is 2.97. The predicted molar refractivity (Wildman–Crippen MR) is 89.8 cm³/mol. The lowest BCUT2D eigenvalue weighted by Gasteiger charge is -2.34. The van der Waals surface area contributed by atoms with Crippen LogP contribution in [0.4, 0.5) is 5.69 Å². The monoisotopic (exact) mass is 358 g/mol. The zero-order valence-corrected chi connectivity index (χ0v) is 14.3. The van der Waals surface area contributed by atoms with Crippen molar-refractivity contribution in [3.05, 3.63) is 30.1 Å². The highest BCUT2D eigenvalue weighted by Gasteiger charge is 2.39. The van der Waals surface area contributed by atoms with Crippen molar-refractivity contribution in [1.29, 1.82) is 0 Å². The Kier molecular flexibility index (Phi) is 4.98. The summed E-state index contributed by atoms with van der Waals surface area (Å²) in [7, 11) is -3.38. The van der Waals surface area contributed by atoms with E-state index in [1.807, 2.05) is 0 Å². The molecule has 0 saturated heterocycles. The van der Waals surface area contributed by atoms with Crippen molar-refractivity contribution in [2.75, 3.05) is 10.5 Å². The zero-order valence-electron chi connectivity index (χ0n) is 12.7. The van der Waals surface area contributed by atoms with E-state index >= 15 is 0 Å². The van der Waals surface area contributed by atoms with Gasteiger partial charge in [0, 0.05) is 0 Å². The third kappa shape index (κ3) is 3.49. The first-order chi connectivity index (χ1) is 10.4. The van der Waals surface area contributed by atoms with Crippen molar-refractivity contribution in [3.63, 3.8) is 0 Å². The van der Waals surface area contributed by atoms with Crippen LogP contribution in [0, 0.1) is 0 Å². The van der Waals surface area contributed by atoms with Gasteiger partial charge in [-0.25, -0.2) is 8.42 Å². The van der Waals surface area contributed by atoms with Gasteiger partial charge in [-0.05, 0) is 38.3 Å². The average Bonchev–Trinajstić information content (AvgIpc) is 2.95. The quantitative estimate of drug-likeness (QED) is 0.847. The Hall–Kier alpha value is -1.64. The Labute approximate surface area is 141 Å². The van der Waals surface area contributed by atoms with Gasteiger partial charge < -0.3 is 10.3 Å². The summed E-state index contributed by atoms with van der Waals surface area (Å²) in [5, 5.41) is 3.96. The number of nitrogens with one attached hydrogen (secondary N) is 1. The van der Waals surface area contributed by atoms with Crippen LogP contribution in [0.5, 0.6) is 0 Å². The lowest BCUT2D eigenvalue weighted by atomic mass is 9.77. The van der Waals surface area contributed by atoms with E-state index in [4.69, 9.17) is 10.3 Å². The number of benzene rings is 1. The second-order valence-corrected chi connectivity index (χ2v) is 7.49. The first-order valence-corrected chi connectivity index (χ1v) is 8.82. The van der Waals surface area contributed by atoms with Crippen LogP contribution in [0.1, 0.15) is 32.0 Å². The number of halogens is 1. The Morgan fingerprint density at radius 1 is 1.35 bits per heavy atom. The third-order valence-corrected chi connectivity index (χ3v) is 5.21. The molecule has 0 radical (unpaired) electrons. The summed E-state index contributed by atoms with van der Waals surface area (Å²) in [4.78, 5) is 4.35. The van der Waals surface area contributed by atoms with Gasteiger partial charge in [-0.15, -0.1) is 12.4 Å². The van der Waals surface area contributed by atoms with Crippen LogP contribution in [0.3, 0.4) is 0 Å². The van der Waals surface area contributed by atoms with Gasteiger partial charge in [-0.3, -0.25) is 4.72 Å². The van der Waals surface area contributed by atoms with Crippen LogP contribution in [0.25, 0.3) is 11.5 Å². The molecule has 0 aliphatic heterocycles. The maximum absolute atomic E-state index is 11.8. The van der Waals surface area contributed by atoms with Gasteiger partial charge in [0.15, 0.2) is 5.82 Å². The highest BCUT2D eigenvalue weighted by Crippen LogP contribution is 2.38. The molecular weight excluding hydrogens is 340 g/mol. The Balaban J connectivity index is 0.00000192. The van der Waals surface area contributed by atoms with Crippen LogP contribution in [0.15, 0.2) is 28.8 Å². The summed E-state index contributed by atoms with van der Waals surface area (Å²) in [6.45, 7) is 1.57. The van der Waals surface area contributed by atoms with E-state index in [1.165, 1.54) is 0 Å². The fourth-order valence-electron chi connectivity index (χ4n) is 2.31. The molecule has 1 heterocycles. The molecule has 9 heteroatoms. The minimum atomic E-state index is -3.38. The van der Waals surface area contributed by atoms with Crippen LogP contribution in [0.2, 0.25) is 0 Å². The molecule has 126 valence electrons. The third-order valence-electron chi connectivity index (χ3n) is 3.92. The number of para-hydroxylation sites is 1. The molecule has 3 N–H and O–H groups in total. The highest BCUT2D eigenvalue weighted by atomic mass is 35.5. The molecule has 2 aromatic rings. The van der Waals surface area contributed by atoms with E-state index in [9.17, 15) is 8.42 Å². The van der Waals surface area contributed by atoms with Crippen molar-refractivity contribution in [2.24, 2.45) is 5.73 Å². The molecule has 3 rings (SSSR count). The maximum Gasteiger partial charge on any atom is 0.260 e. The van der Waals surface area contributed by atoms with Gasteiger partial charge in [-0.2, -0.15) is 4.98 Å². The first kappa shape index (κ1) is 17.7. The van der Waals surface area contributed by atoms with Crippen LogP contribution >= 0.6 is 12.4 Å². The smallest absolute Gasteiger partial charge is 0.260 e. The number of sulfonamides is 1. The summed E-state index contributed by atoms with van der Waals surface area (Å²) in [6, 6.07) is 6.91. The molecule has 1 saturated carbocycles. The molecule has 1 aromatic carbocycles.